The van der Waals surface area contributed by atoms with Crippen molar-refractivity contribution in [2.75, 3.05) is 19.6 Å². The van der Waals surface area contributed by atoms with E-state index in [1.54, 1.807) is 12.1 Å². The normalized spacial score (nSPS) is 12.5. The van der Waals surface area contributed by atoms with Crippen LogP contribution >= 0.6 is 0 Å². The first kappa shape index (κ1) is 24.1. The summed E-state index contributed by atoms with van der Waals surface area (Å²) >= 11 is 0. The number of carbonyl (C=O) groups is 4. The van der Waals surface area contributed by atoms with Crippen LogP contribution in [0.15, 0.2) is 24.3 Å². The molecule has 29 heavy (non-hydrogen) atoms. The van der Waals surface area contributed by atoms with Crippen LogP contribution in [0, 0.1) is 0 Å². The largest absolute Gasteiger partial charge is 0.508 e. The van der Waals surface area contributed by atoms with E-state index >= 15 is 0 Å². The van der Waals surface area contributed by atoms with Crippen molar-refractivity contribution in [3.05, 3.63) is 29.8 Å². The average molecular weight is 407 g/mol. The molecule has 160 valence electrons. The van der Waals surface area contributed by atoms with Crippen LogP contribution < -0.4 is 27.4 Å². The molecule has 10 heteroatoms. The average Bonchev–Trinajstić information content (AvgIpc) is 2.71. The first-order chi connectivity index (χ1) is 13.8. The Morgan fingerprint density at radius 1 is 1.03 bits per heavy atom. The number of nitrogens with one attached hydrogen (secondary N) is 3. The lowest BCUT2D eigenvalue weighted by Crippen LogP contribution is -2.47. The van der Waals surface area contributed by atoms with E-state index in [1.165, 1.54) is 12.1 Å². The Kier molecular flexibility index (Phi) is 11.0. The van der Waals surface area contributed by atoms with E-state index in [2.05, 4.69) is 16.0 Å². The number of amides is 3. The number of aromatic hydroxyl groups is 1. The lowest BCUT2D eigenvalue weighted by Gasteiger charge is -2.14. The molecular weight excluding hydrogens is 378 g/mol. The molecule has 0 aromatic heterocycles. The highest BCUT2D eigenvalue weighted by Gasteiger charge is 2.15. The van der Waals surface area contributed by atoms with Gasteiger partial charge < -0.3 is 37.3 Å². The second-order valence-electron chi connectivity index (χ2n) is 6.57. The van der Waals surface area contributed by atoms with Crippen molar-refractivity contribution in [1.82, 2.24) is 16.0 Å². The molecule has 0 radical (unpaired) electrons. The van der Waals surface area contributed by atoms with Crippen molar-refractivity contribution in [3.8, 4) is 5.75 Å². The third kappa shape index (κ3) is 10.2. The zero-order chi connectivity index (χ0) is 21.6. The lowest BCUT2D eigenvalue weighted by molar-refractivity contribution is -0.128. The standard InChI is InChI=1S/C19H29N5O5/c20-8-2-1-3-16(21)19(29)23-10-17(27)22-11-18(28)24-14(12-25)9-13-4-6-15(26)7-5-13/h4-7,12,14,16,26H,1-3,8-11,20-21H2,(H,22,27)(H,23,29)(H,24,28)/t14-,16-/m0/s1. The van der Waals surface area contributed by atoms with E-state index in [1.807, 2.05) is 0 Å². The Morgan fingerprint density at radius 2 is 1.69 bits per heavy atom. The number of nitrogens with two attached hydrogens (primary N) is 2. The number of phenols is 1. The van der Waals surface area contributed by atoms with Gasteiger partial charge in [0.25, 0.3) is 0 Å². The zero-order valence-electron chi connectivity index (χ0n) is 16.2. The molecule has 0 heterocycles. The second kappa shape index (κ2) is 13.2. The summed E-state index contributed by atoms with van der Waals surface area (Å²) in [6.45, 7) is -0.114. The van der Waals surface area contributed by atoms with Gasteiger partial charge in [0.05, 0.1) is 25.2 Å². The zero-order valence-corrected chi connectivity index (χ0v) is 16.2. The molecule has 1 aromatic carbocycles. The quantitative estimate of drug-likeness (QED) is 0.167. The van der Waals surface area contributed by atoms with Crippen LogP contribution in [0.25, 0.3) is 0 Å². The van der Waals surface area contributed by atoms with Crippen LogP contribution in [0.1, 0.15) is 24.8 Å². The Morgan fingerprint density at radius 3 is 2.31 bits per heavy atom. The molecule has 0 aliphatic heterocycles. The molecule has 0 fully saturated rings. The van der Waals surface area contributed by atoms with Crippen LogP contribution in [0.4, 0.5) is 0 Å². The number of hydrogen-bond donors (Lipinski definition) is 6. The molecule has 0 aliphatic rings. The van der Waals surface area contributed by atoms with Crippen molar-refractivity contribution < 1.29 is 24.3 Å². The highest BCUT2D eigenvalue weighted by Crippen LogP contribution is 2.10. The summed E-state index contributed by atoms with van der Waals surface area (Å²) in [5.41, 5.74) is 11.8. The van der Waals surface area contributed by atoms with E-state index in [-0.39, 0.29) is 25.3 Å². The Bertz CT molecular complexity index is 680. The van der Waals surface area contributed by atoms with Crippen molar-refractivity contribution in [2.45, 2.75) is 37.8 Å². The summed E-state index contributed by atoms with van der Waals surface area (Å²) in [6.07, 6.45) is 2.81. The molecule has 10 nitrogen and oxygen atoms in total. The molecule has 8 N–H and O–H groups in total. The molecule has 0 spiro atoms. The predicted octanol–water partition coefficient (Wildman–Crippen LogP) is -1.69. The summed E-state index contributed by atoms with van der Waals surface area (Å²) < 4.78 is 0. The predicted molar refractivity (Wildman–Crippen MR) is 107 cm³/mol. The van der Waals surface area contributed by atoms with E-state index in [9.17, 15) is 24.3 Å². The van der Waals surface area contributed by atoms with Crippen molar-refractivity contribution in [3.63, 3.8) is 0 Å². The van der Waals surface area contributed by atoms with Crippen molar-refractivity contribution in [2.24, 2.45) is 11.5 Å². The number of hydrogen-bond acceptors (Lipinski definition) is 7. The fraction of sp³-hybridized carbons (Fsp3) is 0.474. The first-order valence-corrected chi connectivity index (χ1v) is 9.38. The first-order valence-electron chi connectivity index (χ1n) is 9.38. The smallest absolute Gasteiger partial charge is 0.239 e. The second-order valence-corrected chi connectivity index (χ2v) is 6.57. The van der Waals surface area contributed by atoms with Crippen LogP contribution in [0.2, 0.25) is 0 Å². The van der Waals surface area contributed by atoms with Gasteiger partial charge in [-0.2, -0.15) is 0 Å². The van der Waals surface area contributed by atoms with Crippen molar-refractivity contribution in [1.29, 1.82) is 0 Å². The maximum Gasteiger partial charge on any atom is 0.239 e. The number of rotatable bonds is 13. The van der Waals surface area contributed by atoms with Gasteiger partial charge in [-0.25, -0.2) is 0 Å². The maximum atomic E-state index is 11.9. The van der Waals surface area contributed by atoms with Crippen LogP contribution in [-0.2, 0) is 25.6 Å². The van der Waals surface area contributed by atoms with Crippen molar-refractivity contribution >= 4 is 24.0 Å². The molecule has 0 aliphatic carbocycles. The third-order valence-electron chi connectivity index (χ3n) is 4.08. The molecule has 0 bridgehead atoms. The number of aldehydes is 1. The highest BCUT2D eigenvalue weighted by atomic mass is 16.3. The van der Waals surface area contributed by atoms with E-state index in [0.717, 1.165) is 18.4 Å². The summed E-state index contributed by atoms with van der Waals surface area (Å²) in [4.78, 5) is 46.6. The van der Waals surface area contributed by atoms with Gasteiger partial charge in [-0.05, 0) is 43.5 Å². The molecule has 0 saturated carbocycles. The monoisotopic (exact) mass is 407 g/mol. The molecule has 3 amide bonds. The van der Waals surface area contributed by atoms with E-state index in [0.29, 0.717) is 19.3 Å². The number of phenolic OH excluding ortho intramolecular Hbond substituents is 1. The Labute approximate surface area is 169 Å². The Balaban J connectivity index is 2.29. The van der Waals surface area contributed by atoms with Gasteiger partial charge in [0.15, 0.2) is 0 Å². The van der Waals surface area contributed by atoms with Gasteiger partial charge in [0.2, 0.25) is 17.7 Å². The lowest BCUT2D eigenvalue weighted by atomic mass is 10.1. The third-order valence-corrected chi connectivity index (χ3v) is 4.08. The van der Waals surface area contributed by atoms with Crippen LogP contribution in [0.3, 0.4) is 0 Å². The van der Waals surface area contributed by atoms with E-state index in [4.69, 9.17) is 11.5 Å². The van der Waals surface area contributed by atoms with Gasteiger partial charge in [-0.1, -0.05) is 18.6 Å². The maximum absolute atomic E-state index is 11.9. The van der Waals surface area contributed by atoms with Gasteiger partial charge in [0, 0.05) is 0 Å². The minimum Gasteiger partial charge on any atom is -0.508 e. The molecule has 0 unspecified atom stereocenters. The molecule has 2 atom stereocenters. The molecular formula is C19H29N5O5. The summed E-state index contributed by atoms with van der Waals surface area (Å²) in [6, 6.07) is 4.77. The highest BCUT2D eigenvalue weighted by molar-refractivity contribution is 5.90. The van der Waals surface area contributed by atoms with Gasteiger partial charge in [-0.3, -0.25) is 14.4 Å². The molecule has 0 saturated heterocycles. The minimum atomic E-state index is -0.768. The minimum absolute atomic E-state index is 0.103. The molecule has 1 aromatic rings. The van der Waals surface area contributed by atoms with Gasteiger partial charge in [0.1, 0.15) is 12.0 Å². The summed E-state index contributed by atoms with van der Waals surface area (Å²) in [5.74, 6) is -1.44. The number of benzene rings is 1. The fourth-order valence-corrected chi connectivity index (χ4v) is 2.46. The van der Waals surface area contributed by atoms with Gasteiger partial charge in [-0.15, -0.1) is 0 Å². The van der Waals surface area contributed by atoms with E-state index < -0.39 is 29.8 Å². The van der Waals surface area contributed by atoms with Crippen LogP contribution in [0.5, 0.6) is 5.75 Å². The topological polar surface area (TPSA) is 177 Å². The Hall–Kier alpha value is -2.98. The number of unbranched alkanes of at least 4 members (excludes halogenated alkanes) is 1. The summed E-state index contributed by atoms with van der Waals surface area (Å²) in [5, 5.41) is 16.5. The SMILES string of the molecule is NCCCC[C@H](N)C(=O)NCC(=O)NCC(=O)N[C@H](C=O)Cc1ccc(O)cc1. The summed E-state index contributed by atoms with van der Waals surface area (Å²) in [7, 11) is 0. The fourth-order valence-electron chi connectivity index (χ4n) is 2.46. The van der Waals surface area contributed by atoms with Crippen LogP contribution in [-0.4, -0.2) is 60.8 Å². The van der Waals surface area contributed by atoms with Gasteiger partial charge >= 0.3 is 0 Å². The molecule has 1 rings (SSSR count). The number of carbonyl (C=O) groups excluding carboxylic acids is 4.